The zero-order valence-corrected chi connectivity index (χ0v) is 18.2. The number of hydrogen-bond donors (Lipinski definition) is 2. The summed E-state index contributed by atoms with van der Waals surface area (Å²) in [6, 6.07) is 24.0. The Morgan fingerprint density at radius 3 is 2.56 bits per heavy atom. The summed E-state index contributed by atoms with van der Waals surface area (Å²) in [6.45, 7) is 4.65. The Morgan fingerprint density at radius 1 is 1.00 bits per heavy atom. The lowest BCUT2D eigenvalue weighted by molar-refractivity contribution is -0.119. The molecule has 0 aliphatic rings. The van der Waals surface area contributed by atoms with Gasteiger partial charge in [0.25, 0.3) is 5.91 Å². The summed E-state index contributed by atoms with van der Waals surface area (Å²) in [5.74, 6) is 0.0814. The van der Waals surface area contributed by atoms with Crippen LogP contribution >= 0.6 is 0 Å². The summed E-state index contributed by atoms with van der Waals surface area (Å²) in [5, 5.41) is 8.34. The molecule has 0 spiro atoms. The quantitative estimate of drug-likeness (QED) is 0.430. The SMILES string of the molecule is Cc1ccc(-c2nn(-c3ccccc3)cc2CNc2cccc(OCC(N)=O)c2)cc1C. The molecular formula is C26H26N4O2. The average molecular weight is 427 g/mol. The summed E-state index contributed by atoms with van der Waals surface area (Å²) >= 11 is 0. The molecule has 0 fully saturated rings. The normalized spacial score (nSPS) is 10.7. The van der Waals surface area contributed by atoms with Crippen molar-refractivity contribution in [3.05, 3.63) is 95.7 Å². The molecule has 6 heteroatoms. The fourth-order valence-corrected chi connectivity index (χ4v) is 3.43. The van der Waals surface area contributed by atoms with Crippen molar-refractivity contribution in [2.75, 3.05) is 11.9 Å². The number of para-hydroxylation sites is 1. The number of benzene rings is 3. The van der Waals surface area contributed by atoms with Gasteiger partial charge in [-0.25, -0.2) is 4.68 Å². The van der Waals surface area contributed by atoms with E-state index in [-0.39, 0.29) is 6.61 Å². The van der Waals surface area contributed by atoms with E-state index in [9.17, 15) is 4.79 Å². The highest BCUT2D eigenvalue weighted by atomic mass is 16.5. The summed E-state index contributed by atoms with van der Waals surface area (Å²) in [7, 11) is 0. The van der Waals surface area contributed by atoms with Crippen molar-refractivity contribution < 1.29 is 9.53 Å². The second kappa shape index (κ2) is 9.39. The van der Waals surface area contributed by atoms with Crippen molar-refractivity contribution in [2.24, 2.45) is 5.73 Å². The van der Waals surface area contributed by atoms with Crippen LogP contribution in [0, 0.1) is 13.8 Å². The van der Waals surface area contributed by atoms with Gasteiger partial charge in [0.15, 0.2) is 6.61 Å². The van der Waals surface area contributed by atoms with E-state index < -0.39 is 5.91 Å². The summed E-state index contributed by atoms with van der Waals surface area (Å²) < 4.78 is 7.32. The molecule has 3 N–H and O–H groups in total. The van der Waals surface area contributed by atoms with E-state index in [1.54, 1.807) is 6.07 Å². The monoisotopic (exact) mass is 426 g/mol. The molecule has 32 heavy (non-hydrogen) atoms. The van der Waals surface area contributed by atoms with E-state index in [2.05, 4.69) is 43.6 Å². The lowest BCUT2D eigenvalue weighted by Crippen LogP contribution is -2.20. The summed E-state index contributed by atoms with van der Waals surface area (Å²) in [4.78, 5) is 11.0. The fraction of sp³-hybridized carbons (Fsp3) is 0.154. The number of carbonyl (C=O) groups is 1. The summed E-state index contributed by atoms with van der Waals surface area (Å²) in [5.41, 5.74) is 12.6. The number of aryl methyl sites for hydroxylation is 2. The smallest absolute Gasteiger partial charge is 0.255 e. The lowest BCUT2D eigenvalue weighted by atomic mass is 10.0. The number of rotatable bonds is 8. The third kappa shape index (κ3) is 4.98. The number of ether oxygens (including phenoxy) is 1. The van der Waals surface area contributed by atoms with Crippen LogP contribution in [-0.4, -0.2) is 22.3 Å². The van der Waals surface area contributed by atoms with Crippen LogP contribution in [0.2, 0.25) is 0 Å². The average Bonchev–Trinajstić information content (AvgIpc) is 3.23. The third-order valence-corrected chi connectivity index (χ3v) is 5.29. The van der Waals surface area contributed by atoms with Gasteiger partial charge in [0.05, 0.1) is 11.4 Å². The van der Waals surface area contributed by atoms with Gasteiger partial charge in [-0.2, -0.15) is 5.10 Å². The molecule has 0 saturated heterocycles. The number of amides is 1. The van der Waals surface area contributed by atoms with Crippen molar-refractivity contribution in [2.45, 2.75) is 20.4 Å². The molecule has 0 radical (unpaired) electrons. The Kier molecular flexibility index (Phi) is 6.22. The lowest BCUT2D eigenvalue weighted by Gasteiger charge is -2.10. The first-order valence-electron chi connectivity index (χ1n) is 10.5. The number of anilines is 1. The maximum absolute atomic E-state index is 11.0. The molecular weight excluding hydrogens is 400 g/mol. The van der Waals surface area contributed by atoms with E-state index in [0.717, 1.165) is 28.2 Å². The van der Waals surface area contributed by atoms with Gasteiger partial charge >= 0.3 is 0 Å². The fourth-order valence-electron chi connectivity index (χ4n) is 3.43. The molecule has 0 aliphatic carbocycles. The number of nitrogens with two attached hydrogens (primary N) is 1. The first-order chi connectivity index (χ1) is 15.5. The highest BCUT2D eigenvalue weighted by Gasteiger charge is 2.13. The van der Waals surface area contributed by atoms with Gasteiger partial charge in [0.1, 0.15) is 5.75 Å². The van der Waals surface area contributed by atoms with Crippen LogP contribution < -0.4 is 15.8 Å². The molecule has 4 aromatic rings. The minimum absolute atomic E-state index is 0.149. The van der Waals surface area contributed by atoms with Crippen LogP contribution in [-0.2, 0) is 11.3 Å². The molecule has 0 atom stereocenters. The van der Waals surface area contributed by atoms with Crippen molar-refractivity contribution in [1.82, 2.24) is 9.78 Å². The van der Waals surface area contributed by atoms with Gasteiger partial charge in [0.2, 0.25) is 0 Å². The highest BCUT2D eigenvalue weighted by molar-refractivity contribution is 5.75. The van der Waals surface area contributed by atoms with Gasteiger partial charge in [-0.05, 0) is 55.3 Å². The molecule has 4 rings (SSSR count). The number of hydrogen-bond acceptors (Lipinski definition) is 4. The van der Waals surface area contributed by atoms with Gasteiger partial charge < -0.3 is 15.8 Å². The molecule has 0 unspecified atom stereocenters. The Balaban J connectivity index is 1.62. The molecule has 1 amide bonds. The van der Waals surface area contributed by atoms with Gasteiger partial charge in [-0.1, -0.05) is 36.4 Å². The van der Waals surface area contributed by atoms with E-state index in [1.165, 1.54) is 11.1 Å². The number of nitrogens with one attached hydrogen (secondary N) is 1. The zero-order valence-electron chi connectivity index (χ0n) is 18.2. The van der Waals surface area contributed by atoms with Crippen LogP contribution in [0.4, 0.5) is 5.69 Å². The zero-order chi connectivity index (χ0) is 22.5. The predicted octanol–water partition coefficient (Wildman–Crippen LogP) is 4.63. The minimum atomic E-state index is -0.505. The maximum Gasteiger partial charge on any atom is 0.255 e. The topological polar surface area (TPSA) is 82.2 Å². The van der Waals surface area contributed by atoms with E-state index in [1.807, 2.05) is 53.2 Å². The molecule has 6 nitrogen and oxygen atoms in total. The maximum atomic E-state index is 11.0. The van der Waals surface area contributed by atoms with E-state index >= 15 is 0 Å². The Hall–Kier alpha value is -4.06. The number of nitrogens with zero attached hydrogens (tertiary/aromatic N) is 2. The molecule has 3 aromatic carbocycles. The van der Waals surface area contributed by atoms with E-state index in [0.29, 0.717) is 12.3 Å². The summed E-state index contributed by atoms with van der Waals surface area (Å²) in [6.07, 6.45) is 2.06. The number of aromatic nitrogens is 2. The van der Waals surface area contributed by atoms with Crippen molar-refractivity contribution >= 4 is 11.6 Å². The second-order valence-electron chi connectivity index (χ2n) is 7.72. The van der Waals surface area contributed by atoms with E-state index in [4.69, 9.17) is 15.6 Å². The molecule has 1 heterocycles. The van der Waals surface area contributed by atoms with Gasteiger partial charge in [-0.3, -0.25) is 4.79 Å². The molecule has 0 aliphatic heterocycles. The highest BCUT2D eigenvalue weighted by Crippen LogP contribution is 2.27. The van der Waals surface area contributed by atoms with Crippen molar-refractivity contribution in [3.63, 3.8) is 0 Å². The molecule has 162 valence electrons. The van der Waals surface area contributed by atoms with Crippen molar-refractivity contribution in [1.29, 1.82) is 0 Å². The Labute approximate surface area is 187 Å². The predicted molar refractivity (Wildman–Crippen MR) is 127 cm³/mol. The van der Waals surface area contributed by atoms with Crippen LogP contribution in [0.15, 0.2) is 79.0 Å². The minimum Gasteiger partial charge on any atom is -0.484 e. The van der Waals surface area contributed by atoms with Gasteiger partial charge in [-0.15, -0.1) is 0 Å². The van der Waals surface area contributed by atoms with Crippen LogP contribution in [0.3, 0.4) is 0 Å². The first kappa shape index (κ1) is 21.2. The molecule has 1 aromatic heterocycles. The number of primary amides is 1. The van der Waals surface area contributed by atoms with Crippen LogP contribution in [0.5, 0.6) is 5.75 Å². The molecule has 0 saturated carbocycles. The Bertz CT molecular complexity index is 1230. The van der Waals surface area contributed by atoms with Gasteiger partial charge in [0, 0.05) is 35.6 Å². The van der Waals surface area contributed by atoms with Crippen LogP contribution in [0.25, 0.3) is 16.9 Å². The standard InChI is InChI=1S/C26H26N4O2/c1-18-11-12-20(13-19(18)2)26-21(16-30(29-26)23-8-4-3-5-9-23)15-28-22-7-6-10-24(14-22)32-17-25(27)31/h3-14,16,28H,15,17H2,1-2H3,(H2,27,31). The Morgan fingerprint density at radius 2 is 1.81 bits per heavy atom. The largest absolute Gasteiger partial charge is 0.484 e. The first-order valence-corrected chi connectivity index (χ1v) is 10.5. The third-order valence-electron chi connectivity index (χ3n) is 5.29. The number of carbonyl (C=O) groups excluding carboxylic acids is 1. The van der Waals surface area contributed by atoms with Crippen LogP contribution in [0.1, 0.15) is 16.7 Å². The second-order valence-corrected chi connectivity index (χ2v) is 7.72. The molecule has 0 bridgehead atoms. The van der Waals surface area contributed by atoms with Crippen molar-refractivity contribution in [3.8, 4) is 22.7 Å².